The van der Waals surface area contributed by atoms with Crippen molar-refractivity contribution in [2.75, 3.05) is 0 Å². The lowest BCUT2D eigenvalue weighted by molar-refractivity contribution is 0.467. The number of hydrogen-bond acceptors (Lipinski definition) is 4. The Balaban J connectivity index is 1.03. The predicted molar refractivity (Wildman–Crippen MR) is 231 cm³/mol. The van der Waals surface area contributed by atoms with Gasteiger partial charge in [-0.2, -0.15) is 0 Å². The van der Waals surface area contributed by atoms with Gasteiger partial charge in [-0.15, -0.1) is 0 Å². The van der Waals surface area contributed by atoms with Crippen molar-refractivity contribution in [1.29, 1.82) is 0 Å². The van der Waals surface area contributed by atoms with Crippen molar-refractivity contribution in [3.63, 3.8) is 0 Å². The van der Waals surface area contributed by atoms with Crippen LogP contribution in [-0.2, 0) is 0 Å². The third-order valence-electron chi connectivity index (χ3n) is 11.0. The summed E-state index contributed by atoms with van der Waals surface area (Å²) in [6, 6.07) is 61.8. The molecule has 0 amide bonds. The molecule has 1 aliphatic rings. The van der Waals surface area contributed by atoms with Crippen molar-refractivity contribution in [1.82, 2.24) is 9.88 Å². The van der Waals surface area contributed by atoms with E-state index in [1.165, 1.54) is 38.0 Å². The molecule has 0 saturated carbocycles. The maximum absolute atomic E-state index is 6.92. The number of nitrogens with two attached hydrogens (primary N) is 1. The first-order valence-corrected chi connectivity index (χ1v) is 19.3. The Labute approximate surface area is 325 Å². The zero-order chi connectivity index (χ0) is 37.4. The minimum Gasteiger partial charge on any atom is -0.456 e. The summed E-state index contributed by atoms with van der Waals surface area (Å²) >= 11 is 0. The first-order chi connectivity index (χ1) is 27.7. The van der Waals surface area contributed by atoms with E-state index in [4.69, 9.17) is 15.1 Å². The molecule has 9 aromatic rings. The van der Waals surface area contributed by atoms with Crippen molar-refractivity contribution in [2.45, 2.75) is 25.2 Å². The molecule has 0 bridgehead atoms. The van der Waals surface area contributed by atoms with Crippen molar-refractivity contribution < 1.29 is 4.42 Å². The van der Waals surface area contributed by atoms with Crippen LogP contribution in [0.3, 0.4) is 0 Å². The van der Waals surface area contributed by atoms with Crippen LogP contribution in [0.1, 0.15) is 47.4 Å². The Bertz CT molecular complexity index is 3030. The quantitative estimate of drug-likeness (QED) is 0.115. The van der Waals surface area contributed by atoms with Gasteiger partial charge < -0.3 is 14.7 Å². The summed E-state index contributed by atoms with van der Waals surface area (Å²) in [7, 11) is 0. The minimum atomic E-state index is -0.450. The Hall–Kier alpha value is -6.79. The number of aromatic nitrogens is 1. The predicted octanol–water partition coefficient (Wildman–Crippen LogP) is 10.3. The van der Waals surface area contributed by atoms with Gasteiger partial charge in [-0.25, -0.2) is 0 Å². The number of nitrogens with zero attached hydrogens (tertiary/aromatic N) is 2. The summed E-state index contributed by atoms with van der Waals surface area (Å²) in [6.45, 7) is 0. The molecular weight excluding hydrogens is 685 g/mol. The average Bonchev–Trinajstić information content (AvgIpc) is 3.81. The van der Waals surface area contributed by atoms with Crippen LogP contribution in [0.15, 0.2) is 185 Å². The van der Waals surface area contributed by atoms with Crippen LogP contribution in [0.5, 0.6) is 0 Å². The third kappa shape index (κ3) is 6.23. The molecule has 2 heterocycles. The highest BCUT2D eigenvalue weighted by Crippen LogP contribution is 2.36. The maximum Gasteiger partial charge on any atom is 0.135 e. The fourth-order valence-corrected chi connectivity index (χ4v) is 8.28. The summed E-state index contributed by atoms with van der Waals surface area (Å²) < 4.78 is 8.72. The summed E-state index contributed by atoms with van der Waals surface area (Å²) in [5, 5.41) is 8.43. The summed E-state index contributed by atoms with van der Waals surface area (Å²) in [5.41, 5.74) is 20.2. The fourth-order valence-electron chi connectivity index (χ4n) is 8.28. The molecule has 7 aromatic carbocycles. The van der Waals surface area contributed by atoms with Crippen LogP contribution >= 0.6 is 0 Å². The Kier molecular flexibility index (Phi) is 8.71. The lowest BCUT2D eigenvalue weighted by Gasteiger charge is -2.21. The highest BCUT2D eigenvalue weighted by Gasteiger charge is 2.18. The van der Waals surface area contributed by atoms with Gasteiger partial charge in [0.2, 0.25) is 0 Å². The van der Waals surface area contributed by atoms with Gasteiger partial charge in [0.05, 0.1) is 17.2 Å². The zero-order valence-electron chi connectivity index (χ0n) is 30.8. The number of furan rings is 1. The van der Waals surface area contributed by atoms with E-state index < -0.39 is 6.17 Å². The molecule has 56 heavy (non-hydrogen) atoms. The summed E-state index contributed by atoms with van der Waals surface area (Å²) in [5.74, 6) is 0. The van der Waals surface area contributed by atoms with Crippen molar-refractivity contribution in [3.05, 3.63) is 209 Å². The molecule has 5 nitrogen and oxygen atoms in total. The molecule has 0 radical (unpaired) electrons. The highest BCUT2D eigenvalue weighted by molar-refractivity contribution is 6.10. The molecule has 10 rings (SSSR count). The first-order valence-electron chi connectivity index (χ1n) is 19.3. The van der Waals surface area contributed by atoms with E-state index in [9.17, 15) is 0 Å². The monoisotopic (exact) mass is 724 g/mol. The maximum atomic E-state index is 6.92. The van der Waals surface area contributed by atoms with Gasteiger partial charge in [0.15, 0.2) is 0 Å². The molecule has 2 atom stereocenters. The lowest BCUT2D eigenvalue weighted by atomic mass is 9.94. The van der Waals surface area contributed by atoms with E-state index in [-0.39, 0.29) is 6.17 Å². The van der Waals surface area contributed by atoms with Gasteiger partial charge in [-0.05, 0) is 94.3 Å². The molecule has 0 aliphatic heterocycles. The Morgan fingerprint density at radius 1 is 0.607 bits per heavy atom. The molecule has 2 unspecified atom stereocenters. The van der Waals surface area contributed by atoms with Gasteiger partial charge >= 0.3 is 0 Å². The van der Waals surface area contributed by atoms with Gasteiger partial charge in [-0.1, -0.05) is 140 Å². The Morgan fingerprint density at radius 2 is 1.30 bits per heavy atom. The van der Waals surface area contributed by atoms with E-state index in [1.807, 2.05) is 60.8 Å². The molecular formula is C51H40N4O. The van der Waals surface area contributed by atoms with Crippen molar-refractivity contribution in [2.24, 2.45) is 10.7 Å². The van der Waals surface area contributed by atoms with Crippen LogP contribution in [0.2, 0.25) is 0 Å². The number of para-hydroxylation sites is 2. The number of aliphatic imine (C=N–C) groups is 1. The van der Waals surface area contributed by atoms with Gasteiger partial charge in [0, 0.05) is 33.3 Å². The van der Waals surface area contributed by atoms with E-state index in [1.54, 1.807) is 0 Å². The van der Waals surface area contributed by atoms with Crippen molar-refractivity contribution in [3.8, 4) is 16.8 Å². The molecule has 0 saturated heterocycles. The van der Waals surface area contributed by atoms with E-state index in [0.717, 1.165) is 62.9 Å². The largest absolute Gasteiger partial charge is 0.456 e. The van der Waals surface area contributed by atoms with E-state index in [2.05, 4.69) is 137 Å². The average molecular weight is 725 g/mol. The molecule has 2 aromatic heterocycles. The SMILES string of the molecule is NC(NC(/N=C/c1ccccc1)c1ccccc1)c1cccc(-c2ccc3c4ccccc4n(-c4cccc(C5=c6c(oc7ccccc67)=CCC5)c4)c3c2)c1. The van der Waals surface area contributed by atoms with Gasteiger partial charge in [0.25, 0.3) is 0 Å². The molecule has 5 heteroatoms. The molecule has 0 fully saturated rings. The normalized spacial score (nSPS) is 14.0. The number of hydrogen-bond donors (Lipinski definition) is 2. The fraction of sp³-hybridized carbons (Fsp3) is 0.0784. The number of benzene rings is 7. The topological polar surface area (TPSA) is 68.5 Å². The number of nitrogens with one attached hydrogen (secondary N) is 1. The zero-order valence-corrected chi connectivity index (χ0v) is 30.8. The first kappa shape index (κ1) is 33.8. The van der Waals surface area contributed by atoms with Crippen LogP contribution < -0.4 is 21.7 Å². The number of fused-ring (bicyclic) bond motifs is 6. The van der Waals surface area contributed by atoms with Crippen LogP contribution in [-0.4, -0.2) is 10.8 Å². The second kappa shape index (κ2) is 14.5. The van der Waals surface area contributed by atoms with E-state index in [0.29, 0.717) is 0 Å². The second-order valence-electron chi connectivity index (χ2n) is 14.5. The van der Waals surface area contributed by atoms with Gasteiger partial charge in [0.1, 0.15) is 17.2 Å². The molecule has 0 spiro atoms. The lowest BCUT2D eigenvalue weighted by Crippen LogP contribution is -2.31. The second-order valence-corrected chi connectivity index (χ2v) is 14.5. The van der Waals surface area contributed by atoms with Crippen LogP contribution in [0, 0.1) is 0 Å². The van der Waals surface area contributed by atoms with Crippen LogP contribution in [0.4, 0.5) is 0 Å². The minimum absolute atomic E-state index is 0.318. The van der Waals surface area contributed by atoms with Crippen LogP contribution in [0.25, 0.3) is 61.2 Å². The molecule has 3 N–H and O–H groups in total. The molecule has 270 valence electrons. The standard InChI is InChI=1S/C51H40N4O/c52-50(54-51(35-16-5-2-6-17-35)53-33-34-14-3-1-4-15-34)39-20-11-18-36(30-39)37-28-29-43-42-22-7-9-25-45(42)55(46(43)32-37)40-21-12-19-38(31-40)41-24-13-27-48-49(41)44-23-8-10-26-47(44)56-48/h1-12,14-23,25-33,50-51,54H,13,24,52H2/b53-33+. The van der Waals surface area contributed by atoms with Gasteiger partial charge in [-0.3, -0.25) is 10.3 Å². The summed E-state index contributed by atoms with van der Waals surface area (Å²) in [6.07, 6.45) is 5.29. The highest BCUT2D eigenvalue weighted by atomic mass is 16.3. The number of rotatable bonds is 9. The summed E-state index contributed by atoms with van der Waals surface area (Å²) in [4.78, 5) is 4.93. The van der Waals surface area contributed by atoms with E-state index >= 15 is 0 Å². The third-order valence-corrected chi connectivity index (χ3v) is 11.0. The molecule has 1 aliphatic carbocycles. The van der Waals surface area contributed by atoms with Crippen molar-refractivity contribution >= 4 is 50.6 Å². The smallest absolute Gasteiger partial charge is 0.135 e. The Morgan fingerprint density at radius 3 is 2.18 bits per heavy atom.